The number of oxazole rings is 1. The fourth-order valence-corrected chi connectivity index (χ4v) is 3.02. The molecule has 0 unspecified atom stereocenters. The Morgan fingerprint density at radius 1 is 1.48 bits per heavy atom. The fourth-order valence-electron chi connectivity index (χ4n) is 2.44. The van der Waals surface area contributed by atoms with Crippen LogP contribution in [0.5, 0.6) is 0 Å². The smallest absolute Gasteiger partial charge is 0.237 e. The number of hydrogen-bond donors (Lipinski definition) is 0. The zero-order chi connectivity index (χ0) is 16.6. The molecule has 0 fully saturated rings. The molecule has 2 heterocycles. The van der Waals surface area contributed by atoms with E-state index in [-0.39, 0.29) is 5.91 Å². The molecule has 0 spiro atoms. The molecule has 1 aromatic carbocycles. The second-order valence-corrected chi connectivity index (χ2v) is 6.80. The molecule has 1 aliphatic rings. The summed E-state index contributed by atoms with van der Waals surface area (Å²) in [5.74, 6) is 1.33. The first kappa shape index (κ1) is 16.5. The maximum absolute atomic E-state index is 12.2. The summed E-state index contributed by atoms with van der Waals surface area (Å²) < 4.78 is 6.64. The van der Waals surface area contributed by atoms with Crippen molar-refractivity contribution in [2.75, 3.05) is 20.1 Å². The van der Waals surface area contributed by atoms with Crippen LogP contribution in [0.4, 0.5) is 0 Å². The SMILES string of the molecule is CCN(C)CC(=O)N1Cc2nc(-c3cccc(Br)c3Cl)oc2C1. The summed E-state index contributed by atoms with van der Waals surface area (Å²) in [5.41, 5.74) is 1.56. The largest absolute Gasteiger partial charge is 0.439 e. The third kappa shape index (κ3) is 3.29. The van der Waals surface area contributed by atoms with Crippen LogP contribution in [-0.2, 0) is 17.9 Å². The Bertz CT molecular complexity index is 723. The number of hydrogen-bond acceptors (Lipinski definition) is 4. The third-order valence-electron chi connectivity index (χ3n) is 3.93. The van der Waals surface area contributed by atoms with Gasteiger partial charge in [0.05, 0.1) is 30.2 Å². The quantitative estimate of drug-likeness (QED) is 0.790. The van der Waals surface area contributed by atoms with Crippen LogP contribution < -0.4 is 0 Å². The summed E-state index contributed by atoms with van der Waals surface area (Å²) in [6.45, 7) is 4.22. The maximum atomic E-state index is 12.2. The number of rotatable bonds is 4. The molecular formula is C16H17BrClN3O2. The molecule has 0 radical (unpaired) electrons. The monoisotopic (exact) mass is 397 g/mol. The van der Waals surface area contributed by atoms with Gasteiger partial charge in [0.1, 0.15) is 11.5 Å². The van der Waals surface area contributed by atoms with Crippen molar-refractivity contribution >= 4 is 33.4 Å². The molecule has 2 aromatic rings. The zero-order valence-corrected chi connectivity index (χ0v) is 15.3. The molecule has 1 aliphatic heterocycles. The van der Waals surface area contributed by atoms with E-state index in [1.165, 1.54) is 0 Å². The molecule has 23 heavy (non-hydrogen) atoms. The van der Waals surface area contributed by atoms with Gasteiger partial charge in [-0.3, -0.25) is 9.69 Å². The molecule has 0 atom stereocenters. The van der Waals surface area contributed by atoms with Crippen LogP contribution in [0.1, 0.15) is 18.4 Å². The number of aromatic nitrogens is 1. The summed E-state index contributed by atoms with van der Waals surface area (Å²) in [4.78, 5) is 20.5. The Labute approximate surface area is 148 Å². The summed E-state index contributed by atoms with van der Waals surface area (Å²) in [6.07, 6.45) is 0. The van der Waals surface area contributed by atoms with Gasteiger partial charge in [-0.2, -0.15) is 0 Å². The minimum absolute atomic E-state index is 0.0876. The van der Waals surface area contributed by atoms with E-state index in [9.17, 15) is 4.79 Å². The highest BCUT2D eigenvalue weighted by molar-refractivity contribution is 9.10. The summed E-state index contributed by atoms with van der Waals surface area (Å²) >= 11 is 9.69. The van der Waals surface area contributed by atoms with E-state index in [0.717, 1.165) is 28.0 Å². The van der Waals surface area contributed by atoms with E-state index in [4.69, 9.17) is 16.0 Å². The Hall–Kier alpha value is -1.37. The molecule has 0 aliphatic carbocycles. The first-order chi connectivity index (χ1) is 11.0. The van der Waals surface area contributed by atoms with Crippen molar-refractivity contribution in [3.63, 3.8) is 0 Å². The lowest BCUT2D eigenvalue weighted by Crippen LogP contribution is -2.35. The first-order valence-corrected chi connectivity index (χ1v) is 8.56. The molecule has 0 N–H and O–H groups in total. The number of amides is 1. The van der Waals surface area contributed by atoms with Gasteiger partial charge in [-0.1, -0.05) is 24.6 Å². The van der Waals surface area contributed by atoms with E-state index >= 15 is 0 Å². The molecule has 0 saturated carbocycles. The predicted molar refractivity (Wildman–Crippen MR) is 92.1 cm³/mol. The Morgan fingerprint density at radius 2 is 2.26 bits per heavy atom. The molecule has 0 bridgehead atoms. The topological polar surface area (TPSA) is 49.6 Å². The van der Waals surface area contributed by atoms with Crippen LogP contribution in [0.15, 0.2) is 27.1 Å². The van der Waals surface area contributed by atoms with Gasteiger partial charge >= 0.3 is 0 Å². The second kappa shape index (κ2) is 6.63. The standard InChI is InChI=1S/C16H17BrClN3O2/c1-3-20(2)9-14(22)21-7-12-13(8-21)23-16(19-12)10-5-4-6-11(17)15(10)18/h4-6H,3,7-9H2,1-2H3. The fraction of sp³-hybridized carbons (Fsp3) is 0.375. The van der Waals surface area contributed by atoms with Crippen LogP contribution in [-0.4, -0.2) is 40.8 Å². The van der Waals surface area contributed by atoms with Crippen LogP contribution in [0.3, 0.4) is 0 Å². The maximum Gasteiger partial charge on any atom is 0.237 e. The number of likely N-dealkylation sites (N-methyl/N-ethyl adjacent to an activating group) is 1. The second-order valence-electron chi connectivity index (χ2n) is 5.57. The number of nitrogens with zero attached hydrogens (tertiary/aromatic N) is 3. The van der Waals surface area contributed by atoms with Gasteiger partial charge in [0, 0.05) is 4.47 Å². The number of benzene rings is 1. The van der Waals surface area contributed by atoms with Crippen molar-refractivity contribution in [1.29, 1.82) is 0 Å². The first-order valence-electron chi connectivity index (χ1n) is 7.39. The van der Waals surface area contributed by atoms with Gasteiger partial charge in [0.25, 0.3) is 0 Å². The third-order valence-corrected chi connectivity index (χ3v) is 5.23. The van der Waals surface area contributed by atoms with Gasteiger partial charge in [0.2, 0.25) is 11.8 Å². The molecule has 1 aromatic heterocycles. The van der Waals surface area contributed by atoms with Crippen molar-refractivity contribution in [1.82, 2.24) is 14.8 Å². The average molecular weight is 399 g/mol. The Kier molecular flexibility index (Phi) is 4.75. The molecule has 1 amide bonds. The van der Waals surface area contributed by atoms with E-state index in [0.29, 0.717) is 30.5 Å². The lowest BCUT2D eigenvalue weighted by molar-refractivity contribution is -0.132. The van der Waals surface area contributed by atoms with Gasteiger partial charge < -0.3 is 9.32 Å². The van der Waals surface area contributed by atoms with Crippen LogP contribution >= 0.6 is 27.5 Å². The molecule has 3 rings (SSSR count). The van der Waals surface area contributed by atoms with Gasteiger partial charge in [0.15, 0.2) is 0 Å². The average Bonchev–Trinajstić information content (AvgIpc) is 3.08. The van der Waals surface area contributed by atoms with Gasteiger partial charge in [-0.25, -0.2) is 4.98 Å². The predicted octanol–water partition coefficient (Wildman–Crippen LogP) is 3.55. The van der Waals surface area contributed by atoms with E-state index in [2.05, 4.69) is 20.9 Å². The highest BCUT2D eigenvalue weighted by Crippen LogP contribution is 2.35. The summed E-state index contributed by atoms with van der Waals surface area (Å²) in [7, 11) is 1.93. The van der Waals surface area contributed by atoms with Crippen molar-refractivity contribution in [3.8, 4) is 11.5 Å². The molecule has 5 nitrogen and oxygen atoms in total. The highest BCUT2D eigenvalue weighted by Gasteiger charge is 2.29. The molecule has 0 saturated heterocycles. The Morgan fingerprint density at radius 3 is 2.96 bits per heavy atom. The van der Waals surface area contributed by atoms with E-state index < -0.39 is 0 Å². The van der Waals surface area contributed by atoms with Crippen molar-refractivity contribution in [2.24, 2.45) is 0 Å². The molecular weight excluding hydrogens is 382 g/mol. The molecule has 7 heteroatoms. The van der Waals surface area contributed by atoms with Crippen molar-refractivity contribution in [3.05, 3.63) is 39.1 Å². The lowest BCUT2D eigenvalue weighted by Gasteiger charge is -2.19. The van der Waals surface area contributed by atoms with E-state index in [1.54, 1.807) is 4.90 Å². The van der Waals surface area contributed by atoms with Gasteiger partial charge in [-0.15, -0.1) is 0 Å². The zero-order valence-electron chi connectivity index (χ0n) is 13.0. The molecule has 122 valence electrons. The number of fused-ring (bicyclic) bond motifs is 1. The van der Waals surface area contributed by atoms with Crippen LogP contribution in [0.25, 0.3) is 11.5 Å². The Balaban J connectivity index is 1.76. The number of carbonyl (C=O) groups excluding carboxylic acids is 1. The van der Waals surface area contributed by atoms with Crippen LogP contribution in [0, 0.1) is 0 Å². The lowest BCUT2D eigenvalue weighted by atomic mass is 10.2. The van der Waals surface area contributed by atoms with Crippen LogP contribution in [0.2, 0.25) is 5.02 Å². The van der Waals surface area contributed by atoms with Gasteiger partial charge in [-0.05, 0) is 41.7 Å². The summed E-state index contributed by atoms with van der Waals surface area (Å²) in [5, 5.41) is 0.574. The minimum Gasteiger partial charge on any atom is -0.439 e. The van der Waals surface area contributed by atoms with E-state index in [1.807, 2.05) is 37.1 Å². The highest BCUT2D eigenvalue weighted by atomic mass is 79.9. The summed E-state index contributed by atoms with van der Waals surface area (Å²) in [6, 6.07) is 5.62. The normalized spacial score (nSPS) is 13.7. The van der Waals surface area contributed by atoms with Crippen molar-refractivity contribution in [2.45, 2.75) is 20.0 Å². The van der Waals surface area contributed by atoms with Crippen molar-refractivity contribution < 1.29 is 9.21 Å². The number of carbonyl (C=O) groups is 1. The minimum atomic E-state index is 0.0876. The number of halogens is 2.